The molecule has 0 heterocycles. The highest BCUT2D eigenvalue weighted by atomic mass is 19.4. The molecule has 0 bridgehead atoms. The summed E-state index contributed by atoms with van der Waals surface area (Å²) in [5.74, 6) is -1.10. The van der Waals surface area contributed by atoms with E-state index in [0.717, 1.165) is 19.3 Å². The molecule has 0 spiro atoms. The molecule has 0 aliphatic heterocycles. The zero-order valence-electron chi connectivity index (χ0n) is 17.6. The van der Waals surface area contributed by atoms with E-state index in [1.807, 2.05) is 0 Å². The van der Waals surface area contributed by atoms with E-state index in [2.05, 4.69) is 12.2 Å². The molecule has 2 N–H and O–H groups in total. The van der Waals surface area contributed by atoms with Crippen molar-refractivity contribution in [2.24, 2.45) is 0 Å². The van der Waals surface area contributed by atoms with Crippen molar-refractivity contribution in [3.63, 3.8) is 0 Å². The minimum Gasteiger partial charge on any atom is -0.478 e. The highest BCUT2D eigenvalue weighted by Gasteiger charge is 2.39. The van der Waals surface area contributed by atoms with Crippen LogP contribution in [0, 0.1) is 0 Å². The van der Waals surface area contributed by atoms with E-state index in [1.54, 1.807) is 0 Å². The second kappa shape index (κ2) is 14.3. The molecule has 166 valence electrons. The second-order valence-electron chi connectivity index (χ2n) is 7.80. The van der Waals surface area contributed by atoms with Gasteiger partial charge in [-0.3, -0.25) is 0 Å². The number of hydrogen-bond donors (Lipinski definition) is 2. The Bertz CT molecular complexity index is 558. The molecule has 0 aliphatic rings. The van der Waals surface area contributed by atoms with Gasteiger partial charge in [0.15, 0.2) is 0 Å². The number of hydrogen-bond acceptors (Lipinski definition) is 2. The summed E-state index contributed by atoms with van der Waals surface area (Å²) in [5.41, 5.74) is 0.344. The Labute approximate surface area is 173 Å². The van der Waals surface area contributed by atoms with Crippen LogP contribution in [0.5, 0.6) is 0 Å². The van der Waals surface area contributed by atoms with Crippen LogP contribution in [0.25, 0.3) is 0 Å². The highest BCUT2D eigenvalue weighted by molar-refractivity contribution is 5.88. The van der Waals surface area contributed by atoms with E-state index < -0.39 is 18.2 Å². The lowest BCUT2D eigenvalue weighted by Gasteiger charge is -2.22. The fourth-order valence-electron chi connectivity index (χ4n) is 3.42. The summed E-state index contributed by atoms with van der Waals surface area (Å²) < 4.78 is 39.8. The van der Waals surface area contributed by atoms with Crippen LogP contribution in [-0.2, 0) is 0 Å². The number of carboxylic acids is 1. The molecule has 1 rings (SSSR count). The number of carboxylic acid groups (broad SMARTS) is 1. The first kappa shape index (κ1) is 25.3. The van der Waals surface area contributed by atoms with Crippen molar-refractivity contribution in [3.8, 4) is 0 Å². The number of rotatable bonds is 16. The average molecular weight is 416 g/mol. The molecule has 0 radical (unpaired) electrons. The summed E-state index contributed by atoms with van der Waals surface area (Å²) in [6.45, 7) is 2.21. The Morgan fingerprint density at radius 2 is 1.31 bits per heavy atom. The summed E-state index contributed by atoms with van der Waals surface area (Å²) in [6, 6.07) is 3.76. The maximum Gasteiger partial charge on any atom is 0.408 e. The third kappa shape index (κ3) is 11.8. The highest BCUT2D eigenvalue weighted by Crippen LogP contribution is 2.28. The van der Waals surface area contributed by atoms with Crippen LogP contribution in [0.15, 0.2) is 24.3 Å². The molecule has 0 fully saturated rings. The van der Waals surface area contributed by atoms with Crippen molar-refractivity contribution in [1.82, 2.24) is 0 Å². The number of alkyl halides is 3. The molecule has 1 unspecified atom stereocenters. The van der Waals surface area contributed by atoms with Gasteiger partial charge < -0.3 is 10.4 Å². The first-order chi connectivity index (χ1) is 13.8. The van der Waals surface area contributed by atoms with Gasteiger partial charge >= 0.3 is 12.1 Å². The molecule has 29 heavy (non-hydrogen) atoms. The number of aromatic carboxylic acids is 1. The summed E-state index contributed by atoms with van der Waals surface area (Å²) in [4.78, 5) is 10.8. The van der Waals surface area contributed by atoms with Gasteiger partial charge in [-0.2, -0.15) is 13.2 Å². The molecule has 3 nitrogen and oxygen atoms in total. The fraction of sp³-hybridized carbons (Fsp3) is 0.696. The topological polar surface area (TPSA) is 49.3 Å². The molecule has 6 heteroatoms. The van der Waals surface area contributed by atoms with Gasteiger partial charge in [-0.05, 0) is 30.7 Å². The van der Waals surface area contributed by atoms with Gasteiger partial charge in [0.2, 0.25) is 0 Å². The Balaban J connectivity index is 2.20. The van der Waals surface area contributed by atoms with Gasteiger partial charge in [0.05, 0.1) is 5.56 Å². The Morgan fingerprint density at radius 3 is 1.72 bits per heavy atom. The van der Waals surface area contributed by atoms with Crippen molar-refractivity contribution in [3.05, 3.63) is 29.8 Å². The van der Waals surface area contributed by atoms with Crippen LogP contribution in [0.2, 0.25) is 0 Å². The van der Waals surface area contributed by atoms with Crippen molar-refractivity contribution < 1.29 is 23.1 Å². The van der Waals surface area contributed by atoms with Crippen LogP contribution in [0.4, 0.5) is 18.9 Å². The number of anilines is 1. The summed E-state index contributed by atoms with van der Waals surface area (Å²) in [5, 5.41) is 11.4. The maximum atomic E-state index is 13.3. The molecule has 1 aromatic rings. The first-order valence-corrected chi connectivity index (χ1v) is 11.0. The predicted octanol–water partition coefficient (Wildman–Crippen LogP) is 7.82. The van der Waals surface area contributed by atoms with Gasteiger partial charge in [0.25, 0.3) is 0 Å². The Morgan fingerprint density at radius 1 is 0.862 bits per heavy atom. The predicted molar refractivity (Wildman–Crippen MR) is 113 cm³/mol. The largest absolute Gasteiger partial charge is 0.478 e. The van der Waals surface area contributed by atoms with Crippen molar-refractivity contribution in [2.45, 2.75) is 103 Å². The van der Waals surface area contributed by atoms with Crippen LogP contribution in [-0.4, -0.2) is 23.3 Å². The SMILES string of the molecule is CCCCCCCCCCCCCCC(Nc1ccc(C(=O)O)cc1)C(F)(F)F. The fourth-order valence-corrected chi connectivity index (χ4v) is 3.42. The van der Waals surface area contributed by atoms with Crippen LogP contribution in [0.1, 0.15) is 101 Å². The van der Waals surface area contributed by atoms with E-state index in [9.17, 15) is 18.0 Å². The van der Waals surface area contributed by atoms with Crippen molar-refractivity contribution >= 4 is 11.7 Å². The third-order valence-electron chi connectivity index (χ3n) is 5.21. The van der Waals surface area contributed by atoms with Gasteiger partial charge in [0.1, 0.15) is 6.04 Å². The van der Waals surface area contributed by atoms with Gasteiger partial charge in [-0.25, -0.2) is 4.79 Å². The second-order valence-corrected chi connectivity index (χ2v) is 7.80. The summed E-state index contributed by atoms with van der Waals surface area (Å²) >= 11 is 0. The molecule has 1 aromatic carbocycles. The standard InChI is InChI=1S/C23H36F3NO2/c1-2-3-4-5-6-7-8-9-10-11-12-13-14-21(23(24,25)26)27-20-17-15-19(16-18-20)22(28)29/h15-18,21,27H,2-14H2,1H3,(H,28,29). The molecular formula is C23H36F3NO2. The third-order valence-corrected chi connectivity index (χ3v) is 5.21. The van der Waals surface area contributed by atoms with Crippen LogP contribution in [0.3, 0.4) is 0 Å². The smallest absolute Gasteiger partial charge is 0.408 e. The summed E-state index contributed by atoms with van der Waals surface area (Å²) in [7, 11) is 0. The molecule has 0 aliphatic carbocycles. The Hall–Kier alpha value is -1.72. The number of unbranched alkanes of at least 4 members (excludes halogenated alkanes) is 11. The van der Waals surface area contributed by atoms with E-state index >= 15 is 0 Å². The maximum absolute atomic E-state index is 13.3. The number of benzene rings is 1. The van der Waals surface area contributed by atoms with Gasteiger partial charge in [-0.1, -0.05) is 84.0 Å². The van der Waals surface area contributed by atoms with Crippen LogP contribution < -0.4 is 5.32 Å². The zero-order valence-corrected chi connectivity index (χ0v) is 17.6. The first-order valence-electron chi connectivity index (χ1n) is 11.0. The van der Waals surface area contributed by atoms with Crippen molar-refractivity contribution in [2.75, 3.05) is 5.32 Å². The lowest BCUT2D eigenvalue weighted by Crippen LogP contribution is -2.36. The number of carbonyl (C=O) groups is 1. The van der Waals surface area contributed by atoms with E-state index in [-0.39, 0.29) is 17.7 Å². The molecule has 0 saturated heterocycles. The van der Waals surface area contributed by atoms with Gasteiger partial charge in [-0.15, -0.1) is 0 Å². The number of halogens is 3. The number of nitrogens with one attached hydrogen (secondary N) is 1. The van der Waals surface area contributed by atoms with Crippen LogP contribution >= 0.6 is 0 Å². The molecule has 0 aromatic heterocycles. The monoisotopic (exact) mass is 415 g/mol. The molecule has 1 atom stereocenters. The average Bonchev–Trinajstić information content (AvgIpc) is 2.67. The van der Waals surface area contributed by atoms with E-state index in [1.165, 1.54) is 75.6 Å². The van der Waals surface area contributed by atoms with E-state index in [4.69, 9.17) is 5.11 Å². The quantitative estimate of drug-likeness (QED) is 0.271. The lowest BCUT2D eigenvalue weighted by atomic mass is 10.0. The normalized spacial score (nSPS) is 12.7. The van der Waals surface area contributed by atoms with E-state index in [0.29, 0.717) is 6.42 Å². The molecular weight excluding hydrogens is 379 g/mol. The van der Waals surface area contributed by atoms with Gasteiger partial charge in [0, 0.05) is 5.69 Å². The summed E-state index contributed by atoms with van der Waals surface area (Å²) in [6.07, 6.45) is 9.31. The Kier molecular flexibility index (Phi) is 12.5. The zero-order chi connectivity index (χ0) is 21.5. The molecule has 0 saturated carbocycles. The minimum absolute atomic E-state index is 0.0294. The minimum atomic E-state index is -4.33. The molecule has 0 amide bonds. The lowest BCUT2D eigenvalue weighted by molar-refractivity contribution is -0.144. The van der Waals surface area contributed by atoms with Crippen molar-refractivity contribution in [1.29, 1.82) is 0 Å².